The molecule has 2 aliphatic rings. The van der Waals surface area contributed by atoms with Crippen molar-refractivity contribution in [2.75, 3.05) is 20.1 Å². The van der Waals surface area contributed by atoms with Crippen molar-refractivity contribution in [1.82, 2.24) is 15.1 Å². The lowest BCUT2D eigenvalue weighted by Crippen LogP contribution is -2.50. The van der Waals surface area contributed by atoms with E-state index in [1.165, 1.54) is 0 Å². The van der Waals surface area contributed by atoms with Crippen LogP contribution in [0.5, 0.6) is 0 Å². The first kappa shape index (κ1) is 35.5. The summed E-state index contributed by atoms with van der Waals surface area (Å²) >= 11 is 0. The minimum absolute atomic E-state index is 0.0655. The molecule has 2 saturated heterocycles. The highest BCUT2D eigenvalue weighted by Gasteiger charge is 2.47. The van der Waals surface area contributed by atoms with Gasteiger partial charge in [-0.05, 0) is 49.1 Å². The second kappa shape index (κ2) is 15.6. The molecule has 0 unspecified atom stereocenters. The third kappa shape index (κ3) is 8.61. The summed E-state index contributed by atoms with van der Waals surface area (Å²) in [4.78, 5) is 27.2. The molecule has 0 aromatic heterocycles. The van der Waals surface area contributed by atoms with Crippen LogP contribution >= 0.6 is 0 Å². The summed E-state index contributed by atoms with van der Waals surface area (Å²) in [5.74, 6) is -2.62. The fourth-order valence-corrected chi connectivity index (χ4v) is 6.24. The van der Waals surface area contributed by atoms with Gasteiger partial charge in [-0.2, -0.15) is 13.2 Å². The minimum atomic E-state index is -5.03. The van der Waals surface area contributed by atoms with Crippen LogP contribution in [0.3, 0.4) is 0 Å². The number of nitrogens with zero attached hydrogens (tertiary/aromatic N) is 2. The van der Waals surface area contributed by atoms with Gasteiger partial charge in [-0.15, -0.1) is 0 Å². The smallest absolute Gasteiger partial charge is 0.392 e. The standard InChI is InChI=1S/C36H42F3N3O6/c1-23(32(44)27-7-4-3-5-8-27)41(2)21-29-19-31(26-14-12-25(22-43)13-15-26)48-34(47-29)28-16-10-24(11-17-28)20-40-33(45)30-9-6-18-42(30)35(46)36(37,38)39/h3-5,7-8,10-17,23,29-32,34,43-44H,6,9,18-22H2,1-2H3,(H,40,45)/t23-,29-,30-,31+,32-,34+/m0/s1. The maximum atomic E-state index is 13.0. The van der Waals surface area contributed by atoms with Crippen LogP contribution in [-0.2, 0) is 32.2 Å². The van der Waals surface area contributed by atoms with Crippen molar-refractivity contribution >= 4 is 11.8 Å². The quantitative estimate of drug-likeness (QED) is 0.265. The molecule has 0 radical (unpaired) electrons. The van der Waals surface area contributed by atoms with Crippen LogP contribution in [0.15, 0.2) is 78.9 Å². The maximum absolute atomic E-state index is 13.0. The lowest BCUT2D eigenvalue weighted by atomic mass is 9.98. The molecule has 0 bridgehead atoms. The summed E-state index contributed by atoms with van der Waals surface area (Å²) in [5.41, 5.74) is 4.01. The molecule has 258 valence electrons. The van der Waals surface area contributed by atoms with Crippen LogP contribution in [0.25, 0.3) is 0 Å². The number of aliphatic hydroxyl groups excluding tert-OH is 2. The van der Waals surface area contributed by atoms with E-state index in [2.05, 4.69) is 10.2 Å². The molecule has 2 aliphatic heterocycles. The van der Waals surface area contributed by atoms with Crippen molar-refractivity contribution < 1.29 is 42.4 Å². The van der Waals surface area contributed by atoms with E-state index in [0.717, 1.165) is 22.3 Å². The largest absolute Gasteiger partial charge is 0.471 e. The van der Waals surface area contributed by atoms with Gasteiger partial charge in [0, 0.05) is 37.7 Å². The van der Waals surface area contributed by atoms with E-state index >= 15 is 0 Å². The van der Waals surface area contributed by atoms with Crippen molar-refractivity contribution in [3.05, 3.63) is 107 Å². The predicted molar refractivity (Wildman–Crippen MR) is 171 cm³/mol. The van der Waals surface area contributed by atoms with E-state index in [0.29, 0.717) is 29.8 Å². The van der Waals surface area contributed by atoms with Crippen molar-refractivity contribution in [3.63, 3.8) is 0 Å². The molecule has 0 spiro atoms. The lowest BCUT2D eigenvalue weighted by molar-refractivity contribution is -0.253. The molecule has 2 heterocycles. The number of halogens is 3. The number of benzene rings is 3. The molecule has 48 heavy (non-hydrogen) atoms. The molecular weight excluding hydrogens is 627 g/mol. The van der Waals surface area contributed by atoms with Crippen LogP contribution < -0.4 is 5.32 Å². The fourth-order valence-electron chi connectivity index (χ4n) is 6.24. The predicted octanol–water partition coefficient (Wildman–Crippen LogP) is 4.95. The number of aliphatic hydroxyl groups is 2. The van der Waals surface area contributed by atoms with Gasteiger partial charge in [-0.3, -0.25) is 14.5 Å². The Kier molecular flexibility index (Phi) is 11.5. The highest BCUT2D eigenvalue weighted by molar-refractivity contribution is 5.90. The van der Waals surface area contributed by atoms with Crippen molar-refractivity contribution in [2.24, 2.45) is 0 Å². The van der Waals surface area contributed by atoms with Crippen LogP contribution in [-0.4, -0.2) is 76.3 Å². The molecule has 12 heteroatoms. The second-order valence-corrected chi connectivity index (χ2v) is 12.5. The van der Waals surface area contributed by atoms with Crippen LogP contribution in [0, 0.1) is 0 Å². The van der Waals surface area contributed by atoms with Gasteiger partial charge in [0.15, 0.2) is 6.29 Å². The average Bonchev–Trinajstić information content (AvgIpc) is 3.60. The number of hydrogen-bond acceptors (Lipinski definition) is 7. The minimum Gasteiger partial charge on any atom is -0.392 e. The van der Waals surface area contributed by atoms with E-state index in [1.54, 1.807) is 12.1 Å². The summed E-state index contributed by atoms with van der Waals surface area (Å²) in [7, 11) is 1.95. The molecule has 0 saturated carbocycles. The topological polar surface area (TPSA) is 112 Å². The third-order valence-corrected chi connectivity index (χ3v) is 9.18. The van der Waals surface area contributed by atoms with Crippen molar-refractivity contribution in [2.45, 2.75) is 82.2 Å². The third-order valence-electron chi connectivity index (χ3n) is 9.18. The van der Waals surface area contributed by atoms with Gasteiger partial charge in [0.25, 0.3) is 0 Å². The van der Waals surface area contributed by atoms with E-state index in [9.17, 15) is 33.0 Å². The van der Waals surface area contributed by atoms with Gasteiger partial charge in [0.05, 0.1) is 24.9 Å². The Morgan fingerprint density at radius 2 is 1.62 bits per heavy atom. The Morgan fingerprint density at radius 1 is 0.979 bits per heavy atom. The van der Waals surface area contributed by atoms with Gasteiger partial charge in [0.2, 0.25) is 5.91 Å². The first-order valence-corrected chi connectivity index (χ1v) is 16.1. The SMILES string of the molecule is C[C@@H]([C@H](O)c1ccccc1)N(C)C[C@@H]1C[C@H](c2ccc(CO)cc2)O[C@H](c2ccc(CNC(=O)[C@@H]3CCCN3C(=O)C(F)(F)F)cc2)O1. The van der Waals surface area contributed by atoms with Crippen LogP contribution in [0.4, 0.5) is 13.2 Å². The Hall–Kier alpha value is -3.81. The zero-order valence-corrected chi connectivity index (χ0v) is 27.0. The summed E-state index contributed by atoms with van der Waals surface area (Å²) in [6, 6.07) is 22.9. The summed E-state index contributed by atoms with van der Waals surface area (Å²) in [6.45, 7) is 2.39. The number of nitrogens with one attached hydrogen (secondary N) is 1. The Labute approximate surface area is 278 Å². The molecule has 3 aromatic rings. The number of alkyl halides is 3. The van der Waals surface area contributed by atoms with Gasteiger partial charge in [-0.1, -0.05) is 78.9 Å². The molecule has 6 atom stereocenters. The molecule has 9 nitrogen and oxygen atoms in total. The molecule has 3 aromatic carbocycles. The Balaban J connectivity index is 1.25. The molecule has 2 amide bonds. The molecular formula is C36H42F3N3O6. The number of amides is 2. The fraction of sp³-hybridized carbons (Fsp3) is 0.444. The van der Waals surface area contributed by atoms with Gasteiger partial charge in [-0.25, -0.2) is 0 Å². The van der Waals surface area contributed by atoms with E-state index in [-0.39, 0.29) is 44.4 Å². The zero-order valence-electron chi connectivity index (χ0n) is 27.0. The van der Waals surface area contributed by atoms with Crippen LogP contribution in [0.1, 0.15) is 72.5 Å². The average molecular weight is 670 g/mol. The molecule has 3 N–H and O–H groups in total. The Bertz CT molecular complexity index is 1510. The zero-order chi connectivity index (χ0) is 34.4. The monoisotopic (exact) mass is 669 g/mol. The molecule has 5 rings (SSSR count). The maximum Gasteiger partial charge on any atom is 0.471 e. The summed E-state index contributed by atoms with van der Waals surface area (Å²) < 4.78 is 51.8. The van der Waals surface area contributed by atoms with E-state index in [4.69, 9.17) is 9.47 Å². The number of rotatable bonds is 11. The van der Waals surface area contributed by atoms with E-state index in [1.807, 2.05) is 80.7 Å². The number of hydrogen-bond donors (Lipinski definition) is 3. The highest BCUT2D eigenvalue weighted by atomic mass is 19.4. The second-order valence-electron chi connectivity index (χ2n) is 12.5. The molecule has 2 fully saturated rings. The number of likely N-dealkylation sites (N-methyl/N-ethyl adjacent to an activating group) is 1. The van der Waals surface area contributed by atoms with Crippen LogP contribution in [0.2, 0.25) is 0 Å². The van der Waals surface area contributed by atoms with Crippen molar-refractivity contribution in [3.8, 4) is 0 Å². The first-order valence-electron chi connectivity index (χ1n) is 16.1. The normalized spacial score (nSPS) is 22.8. The van der Waals surface area contributed by atoms with Gasteiger partial charge in [0.1, 0.15) is 6.04 Å². The van der Waals surface area contributed by atoms with E-state index < -0.39 is 36.4 Å². The number of carbonyl (C=O) groups is 2. The Morgan fingerprint density at radius 3 is 2.27 bits per heavy atom. The van der Waals surface area contributed by atoms with Crippen molar-refractivity contribution in [1.29, 1.82) is 0 Å². The number of ether oxygens (including phenoxy) is 2. The summed E-state index contributed by atoms with van der Waals surface area (Å²) in [6.07, 6.45) is -5.95. The lowest BCUT2D eigenvalue weighted by Gasteiger charge is -2.39. The number of likely N-dealkylation sites (tertiary alicyclic amines) is 1. The number of carbonyl (C=O) groups excluding carboxylic acids is 2. The van der Waals surface area contributed by atoms with Gasteiger partial charge < -0.3 is 29.9 Å². The van der Waals surface area contributed by atoms with Gasteiger partial charge >= 0.3 is 12.1 Å². The first-order chi connectivity index (χ1) is 22.9. The molecule has 0 aliphatic carbocycles. The highest BCUT2D eigenvalue weighted by Crippen LogP contribution is 2.38. The summed E-state index contributed by atoms with van der Waals surface area (Å²) in [5, 5.41) is 23.2.